The molecule has 1 heterocycles. The fourth-order valence-electron chi connectivity index (χ4n) is 3.41. The summed E-state index contributed by atoms with van der Waals surface area (Å²) in [4.78, 5) is 2.53. The van der Waals surface area contributed by atoms with Crippen LogP contribution in [0.25, 0.3) is 0 Å². The van der Waals surface area contributed by atoms with Crippen LogP contribution in [0.3, 0.4) is 0 Å². The minimum absolute atomic E-state index is 0.163. The van der Waals surface area contributed by atoms with Crippen molar-refractivity contribution in [3.63, 3.8) is 0 Å². The molecule has 0 aromatic heterocycles. The molecule has 27 heavy (non-hydrogen) atoms. The van der Waals surface area contributed by atoms with Crippen LogP contribution >= 0.6 is 0 Å². The van der Waals surface area contributed by atoms with Gasteiger partial charge in [0.15, 0.2) is 0 Å². The number of rotatable bonds is 9. The molecular formula is C23H29FNO2. The molecule has 1 saturated heterocycles. The van der Waals surface area contributed by atoms with Crippen molar-refractivity contribution >= 4 is 0 Å². The van der Waals surface area contributed by atoms with Crippen molar-refractivity contribution in [1.29, 1.82) is 0 Å². The third kappa shape index (κ3) is 6.24. The SMILES string of the molecule is [CH2]CC(Oc1ccc(F)cc1)c1ccc(OCCCN2CCCCC2)cc1. The van der Waals surface area contributed by atoms with Gasteiger partial charge in [0.1, 0.15) is 23.4 Å². The summed E-state index contributed by atoms with van der Waals surface area (Å²) in [6.45, 7) is 8.29. The van der Waals surface area contributed by atoms with Gasteiger partial charge in [0.25, 0.3) is 0 Å². The molecule has 0 N–H and O–H groups in total. The van der Waals surface area contributed by atoms with E-state index in [0.29, 0.717) is 12.2 Å². The Morgan fingerprint density at radius 2 is 1.59 bits per heavy atom. The molecule has 0 spiro atoms. The van der Waals surface area contributed by atoms with E-state index in [2.05, 4.69) is 11.8 Å². The Kier molecular flexibility index (Phi) is 7.52. The van der Waals surface area contributed by atoms with Gasteiger partial charge in [-0.25, -0.2) is 4.39 Å². The highest BCUT2D eigenvalue weighted by Gasteiger charge is 2.12. The average Bonchev–Trinajstić information content (AvgIpc) is 2.72. The van der Waals surface area contributed by atoms with Gasteiger partial charge in [-0.2, -0.15) is 0 Å². The van der Waals surface area contributed by atoms with Crippen LogP contribution in [0.1, 0.15) is 43.8 Å². The number of hydrogen-bond donors (Lipinski definition) is 0. The van der Waals surface area contributed by atoms with Gasteiger partial charge in [0.05, 0.1) is 6.61 Å². The molecule has 3 rings (SSSR count). The number of likely N-dealkylation sites (tertiary alicyclic amines) is 1. The van der Waals surface area contributed by atoms with E-state index in [4.69, 9.17) is 9.47 Å². The monoisotopic (exact) mass is 370 g/mol. The molecule has 2 aromatic carbocycles. The molecule has 145 valence electrons. The molecule has 1 aliphatic rings. The first-order valence-corrected chi connectivity index (χ1v) is 9.91. The third-order valence-corrected chi connectivity index (χ3v) is 4.94. The smallest absolute Gasteiger partial charge is 0.124 e. The van der Waals surface area contributed by atoms with Crippen molar-refractivity contribution in [1.82, 2.24) is 4.90 Å². The summed E-state index contributed by atoms with van der Waals surface area (Å²) >= 11 is 0. The van der Waals surface area contributed by atoms with Crippen LogP contribution in [0, 0.1) is 12.7 Å². The Morgan fingerprint density at radius 3 is 2.26 bits per heavy atom. The van der Waals surface area contributed by atoms with E-state index < -0.39 is 0 Å². The van der Waals surface area contributed by atoms with Crippen molar-refractivity contribution in [3.8, 4) is 11.5 Å². The van der Waals surface area contributed by atoms with Crippen LogP contribution in [0.4, 0.5) is 4.39 Å². The van der Waals surface area contributed by atoms with Crippen molar-refractivity contribution in [2.45, 2.75) is 38.2 Å². The first-order valence-electron chi connectivity index (χ1n) is 9.91. The maximum atomic E-state index is 13.0. The Balaban J connectivity index is 1.45. The molecule has 1 aliphatic heterocycles. The molecule has 4 heteroatoms. The van der Waals surface area contributed by atoms with E-state index in [1.807, 2.05) is 24.3 Å². The molecule has 1 radical (unpaired) electrons. The number of halogens is 1. The Labute approximate surface area is 162 Å². The van der Waals surface area contributed by atoms with Gasteiger partial charge in [-0.3, -0.25) is 0 Å². The molecule has 1 atom stereocenters. The molecule has 2 aromatic rings. The summed E-state index contributed by atoms with van der Waals surface area (Å²) in [5.41, 5.74) is 1.04. The minimum atomic E-state index is -0.268. The largest absolute Gasteiger partial charge is 0.494 e. The quantitative estimate of drug-likeness (QED) is 0.550. The number of benzene rings is 2. The average molecular weight is 370 g/mol. The lowest BCUT2D eigenvalue weighted by Crippen LogP contribution is -2.31. The molecule has 0 aliphatic carbocycles. The first kappa shape index (κ1) is 19.7. The maximum absolute atomic E-state index is 13.0. The van der Waals surface area contributed by atoms with Crippen LogP contribution in [-0.2, 0) is 0 Å². The normalized spacial score (nSPS) is 16.1. The summed E-state index contributed by atoms with van der Waals surface area (Å²) < 4.78 is 24.8. The Hall–Kier alpha value is -2.07. The lowest BCUT2D eigenvalue weighted by Gasteiger charge is -2.26. The lowest BCUT2D eigenvalue weighted by molar-refractivity contribution is 0.204. The van der Waals surface area contributed by atoms with E-state index >= 15 is 0 Å². The first-order chi connectivity index (χ1) is 13.2. The Bertz CT molecular complexity index is 666. The number of ether oxygens (including phenoxy) is 2. The van der Waals surface area contributed by atoms with E-state index in [1.54, 1.807) is 12.1 Å². The molecule has 1 unspecified atom stereocenters. The fraction of sp³-hybridized carbons (Fsp3) is 0.435. The molecule has 1 fully saturated rings. The summed E-state index contributed by atoms with van der Waals surface area (Å²) in [6, 6.07) is 14.1. The van der Waals surface area contributed by atoms with Gasteiger partial charge in [-0.05, 0) is 87.7 Å². The van der Waals surface area contributed by atoms with Crippen LogP contribution in [0.15, 0.2) is 48.5 Å². The summed E-state index contributed by atoms with van der Waals surface area (Å²) in [6.07, 6.45) is 5.51. The van der Waals surface area contributed by atoms with Crippen LogP contribution in [-0.4, -0.2) is 31.1 Å². The standard InChI is InChI=1S/C23H29FNO2/c1-2-23(27-22-13-9-20(24)10-14-22)19-7-11-21(12-8-19)26-18-6-17-25-15-4-3-5-16-25/h7-14,23H,1-6,15-18H2. The van der Waals surface area contributed by atoms with Crippen molar-refractivity contribution in [3.05, 3.63) is 66.8 Å². The Morgan fingerprint density at radius 1 is 0.926 bits per heavy atom. The molecule has 3 nitrogen and oxygen atoms in total. The highest BCUT2D eigenvalue weighted by molar-refractivity contribution is 5.30. The zero-order valence-corrected chi connectivity index (χ0v) is 15.9. The lowest BCUT2D eigenvalue weighted by atomic mass is 10.1. The van der Waals surface area contributed by atoms with Crippen LogP contribution in [0.2, 0.25) is 0 Å². The molecule has 0 bridgehead atoms. The molecule has 0 saturated carbocycles. The van der Waals surface area contributed by atoms with Crippen LogP contribution in [0.5, 0.6) is 11.5 Å². The second-order valence-electron chi connectivity index (χ2n) is 7.02. The van der Waals surface area contributed by atoms with Gasteiger partial charge in [0, 0.05) is 6.54 Å². The number of nitrogens with zero attached hydrogens (tertiary/aromatic N) is 1. The second kappa shape index (κ2) is 10.3. The minimum Gasteiger partial charge on any atom is -0.494 e. The predicted octanol–water partition coefficient (Wildman–Crippen LogP) is 5.42. The number of hydrogen-bond acceptors (Lipinski definition) is 3. The third-order valence-electron chi connectivity index (χ3n) is 4.94. The van der Waals surface area contributed by atoms with Crippen molar-refractivity contribution in [2.24, 2.45) is 0 Å². The zero-order valence-electron chi connectivity index (χ0n) is 15.9. The van der Waals surface area contributed by atoms with Crippen molar-refractivity contribution in [2.75, 3.05) is 26.2 Å². The summed E-state index contributed by atoms with van der Waals surface area (Å²) in [7, 11) is 0. The topological polar surface area (TPSA) is 21.7 Å². The summed E-state index contributed by atoms with van der Waals surface area (Å²) in [5, 5.41) is 0. The van der Waals surface area contributed by atoms with E-state index in [1.165, 1.54) is 44.5 Å². The van der Waals surface area contributed by atoms with Gasteiger partial charge in [0.2, 0.25) is 0 Å². The highest BCUT2D eigenvalue weighted by atomic mass is 19.1. The zero-order chi connectivity index (χ0) is 18.9. The predicted molar refractivity (Wildman–Crippen MR) is 107 cm³/mol. The second-order valence-corrected chi connectivity index (χ2v) is 7.02. The van der Waals surface area contributed by atoms with Crippen molar-refractivity contribution < 1.29 is 13.9 Å². The molecule has 0 amide bonds. The highest BCUT2D eigenvalue weighted by Crippen LogP contribution is 2.26. The van der Waals surface area contributed by atoms with E-state index in [0.717, 1.165) is 30.9 Å². The van der Waals surface area contributed by atoms with Gasteiger partial charge < -0.3 is 14.4 Å². The van der Waals surface area contributed by atoms with Gasteiger partial charge in [-0.1, -0.05) is 18.6 Å². The summed E-state index contributed by atoms with van der Waals surface area (Å²) in [5.74, 6) is 1.25. The van der Waals surface area contributed by atoms with Crippen LogP contribution < -0.4 is 9.47 Å². The maximum Gasteiger partial charge on any atom is 0.124 e. The van der Waals surface area contributed by atoms with E-state index in [-0.39, 0.29) is 11.9 Å². The van der Waals surface area contributed by atoms with E-state index in [9.17, 15) is 4.39 Å². The molecular weight excluding hydrogens is 341 g/mol. The van der Waals surface area contributed by atoms with Gasteiger partial charge >= 0.3 is 0 Å². The van der Waals surface area contributed by atoms with Gasteiger partial charge in [-0.15, -0.1) is 0 Å². The number of piperidine rings is 1. The fourth-order valence-corrected chi connectivity index (χ4v) is 3.41.